The SMILES string of the molecule is CCOCCOc1ccc(C[C@@H](C)N(C[C@H](O)c2cccc(Br)n2)C[C@H](O)c2cccc(Br)n2)cc1. The van der Waals surface area contributed by atoms with Gasteiger partial charge in [-0.2, -0.15) is 0 Å². The Kier molecular flexibility index (Phi) is 11.8. The summed E-state index contributed by atoms with van der Waals surface area (Å²) in [5.41, 5.74) is 2.28. The van der Waals surface area contributed by atoms with Crippen molar-refractivity contribution >= 4 is 31.9 Å². The monoisotopic (exact) mass is 621 g/mol. The molecule has 0 radical (unpaired) electrons. The minimum Gasteiger partial charge on any atom is -0.491 e. The van der Waals surface area contributed by atoms with Gasteiger partial charge >= 0.3 is 0 Å². The molecule has 36 heavy (non-hydrogen) atoms. The molecule has 2 aromatic heterocycles. The average molecular weight is 623 g/mol. The van der Waals surface area contributed by atoms with E-state index in [2.05, 4.69) is 53.7 Å². The van der Waals surface area contributed by atoms with E-state index in [-0.39, 0.29) is 6.04 Å². The zero-order valence-corrected chi connectivity index (χ0v) is 23.7. The summed E-state index contributed by atoms with van der Waals surface area (Å²) in [6, 6.07) is 19.0. The highest BCUT2D eigenvalue weighted by atomic mass is 79.9. The maximum Gasteiger partial charge on any atom is 0.119 e. The second kappa shape index (κ2) is 14.8. The predicted molar refractivity (Wildman–Crippen MR) is 147 cm³/mol. The molecular formula is C27H33Br2N3O4. The summed E-state index contributed by atoms with van der Waals surface area (Å²) < 4.78 is 12.4. The third-order valence-corrected chi connectivity index (χ3v) is 6.63. The Labute approximate surface area is 229 Å². The molecular weight excluding hydrogens is 590 g/mol. The van der Waals surface area contributed by atoms with E-state index in [1.807, 2.05) is 55.5 Å². The van der Waals surface area contributed by atoms with Gasteiger partial charge in [-0.25, -0.2) is 9.97 Å². The number of aromatic nitrogens is 2. The van der Waals surface area contributed by atoms with Gasteiger partial charge in [0, 0.05) is 25.7 Å². The van der Waals surface area contributed by atoms with E-state index in [4.69, 9.17) is 9.47 Å². The Balaban J connectivity index is 1.70. The van der Waals surface area contributed by atoms with Crippen LogP contribution in [0.25, 0.3) is 0 Å². The van der Waals surface area contributed by atoms with Crippen LogP contribution in [0, 0.1) is 0 Å². The van der Waals surface area contributed by atoms with Gasteiger partial charge in [0.25, 0.3) is 0 Å². The number of aliphatic hydroxyl groups excluding tert-OH is 2. The molecule has 0 amide bonds. The largest absolute Gasteiger partial charge is 0.491 e. The third-order valence-electron chi connectivity index (χ3n) is 5.75. The Morgan fingerprint density at radius 1 is 0.833 bits per heavy atom. The van der Waals surface area contributed by atoms with Crippen LogP contribution in [0.5, 0.6) is 5.75 Å². The van der Waals surface area contributed by atoms with E-state index in [0.717, 1.165) is 17.7 Å². The highest BCUT2D eigenvalue weighted by Gasteiger charge is 2.24. The van der Waals surface area contributed by atoms with E-state index >= 15 is 0 Å². The lowest BCUT2D eigenvalue weighted by Gasteiger charge is -2.32. The maximum absolute atomic E-state index is 11.0. The summed E-state index contributed by atoms with van der Waals surface area (Å²) in [5, 5.41) is 21.9. The molecule has 2 N–H and O–H groups in total. The summed E-state index contributed by atoms with van der Waals surface area (Å²) in [5.74, 6) is 0.801. The first-order chi connectivity index (χ1) is 17.4. The summed E-state index contributed by atoms with van der Waals surface area (Å²) >= 11 is 6.74. The van der Waals surface area contributed by atoms with Gasteiger partial charge in [0.05, 0.1) is 18.0 Å². The molecule has 0 fully saturated rings. The number of pyridine rings is 2. The van der Waals surface area contributed by atoms with Crippen molar-refractivity contribution in [1.29, 1.82) is 0 Å². The molecule has 194 valence electrons. The summed E-state index contributed by atoms with van der Waals surface area (Å²) in [6.07, 6.45) is -0.890. The minimum atomic E-state index is -0.811. The molecule has 3 rings (SSSR count). The van der Waals surface area contributed by atoms with E-state index in [9.17, 15) is 10.2 Å². The standard InChI is InChI=1S/C27H33Br2N3O4/c1-3-35-14-15-36-21-12-10-20(11-13-21)16-19(2)32(17-24(33)22-6-4-8-26(28)30-22)18-25(34)23-7-5-9-27(29)31-23/h4-13,19,24-25,33-34H,3,14-18H2,1-2H3/t19-,24+,25+/m1/s1. The molecule has 1 aromatic carbocycles. The van der Waals surface area contributed by atoms with Crippen molar-refractivity contribution in [1.82, 2.24) is 14.9 Å². The lowest BCUT2D eigenvalue weighted by Crippen LogP contribution is -2.40. The molecule has 0 saturated carbocycles. The number of hydrogen-bond acceptors (Lipinski definition) is 7. The topological polar surface area (TPSA) is 87.9 Å². The Morgan fingerprint density at radius 3 is 1.89 bits per heavy atom. The fourth-order valence-electron chi connectivity index (χ4n) is 3.84. The molecule has 3 atom stereocenters. The number of halogens is 2. The third kappa shape index (κ3) is 9.21. The van der Waals surface area contributed by atoms with Gasteiger partial charge < -0.3 is 19.7 Å². The molecule has 0 aliphatic rings. The number of rotatable bonds is 14. The molecule has 0 unspecified atom stereocenters. The van der Waals surface area contributed by atoms with Crippen molar-refractivity contribution < 1.29 is 19.7 Å². The van der Waals surface area contributed by atoms with Gasteiger partial charge in [0.15, 0.2) is 0 Å². The van der Waals surface area contributed by atoms with Gasteiger partial charge in [-0.1, -0.05) is 24.3 Å². The predicted octanol–water partition coefficient (Wildman–Crippen LogP) is 5.12. The van der Waals surface area contributed by atoms with Crippen LogP contribution in [-0.2, 0) is 11.2 Å². The normalized spacial score (nSPS) is 14.0. The van der Waals surface area contributed by atoms with Crippen LogP contribution in [-0.4, -0.2) is 64.0 Å². The first-order valence-electron chi connectivity index (χ1n) is 12.0. The van der Waals surface area contributed by atoms with Gasteiger partial charge in [-0.3, -0.25) is 4.90 Å². The minimum absolute atomic E-state index is 0.0262. The van der Waals surface area contributed by atoms with Crippen LogP contribution in [0.1, 0.15) is 43.0 Å². The van der Waals surface area contributed by atoms with Crippen LogP contribution in [0.15, 0.2) is 69.9 Å². The molecule has 0 aliphatic carbocycles. The molecule has 0 aliphatic heterocycles. The van der Waals surface area contributed by atoms with Gasteiger partial charge in [0.1, 0.15) is 33.8 Å². The molecule has 3 aromatic rings. The molecule has 0 saturated heterocycles. The van der Waals surface area contributed by atoms with Gasteiger partial charge in [-0.05, 0) is 94.1 Å². The van der Waals surface area contributed by atoms with Crippen molar-refractivity contribution in [3.8, 4) is 5.75 Å². The summed E-state index contributed by atoms with van der Waals surface area (Å²) in [7, 11) is 0. The second-order valence-electron chi connectivity index (χ2n) is 8.50. The van der Waals surface area contributed by atoms with Crippen LogP contribution in [0.4, 0.5) is 0 Å². The summed E-state index contributed by atoms with van der Waals surface area (Å²) in [4.78, 5) is 10.9. The molecule has 7 nitrogen and oxygen atoms in total. The quantitative estimate of drug-likeness (QED) is 0.191. The first-order valence-corrected chi connectivity index (χ1v) is 13.6. The molecule has 9 heteroatoms. The zero-order chi connectivity index (χ0) is 25.9. The van der Waals surface area contributed by atoms with E-state index in [0.29, 0.717) is 53.5 Å². The fraction of sp³-hybridized carbons (Fsp3) is 0.407. The smallest absolute Gasteiger partial charge is 0.119 e. The van der Waals surface area contributed by atoms with Crippen molar-refractivity contribution in [2.24, 2.45) is 0 Å². The molecule has 0 bridgehead atoms. The van der Waals surface area contributed by atoms with Crippen molar-refractivity contribution in [2.75, 3.05) is 32.9 Å². The maximum atomic E-state index is 11.0. The van der Waals surface area contributed by atoms with E-state index < -0.39 is 12.2 Å². The number of benzene rings is 1. The Hall–Kier alpha value is -1.88. The van der Waals surface area contributed by atoms with Crippen molar-refractivity contribution in [3.05, 3.63) is 86.8 Å². The van der Waals surface area contributed by atoms with Crippen LogP contribution in [0.3, 0.4) is 0 Å². The lowest BCUT2D eigenvalue weighted by molar-refractivity contribution is 0.0451. The van der Waals surface area contributed by atoms with Crippen LogP contribution >= 0.6 is 31.9 Å². The van der Waals surface area contributed by atoms with Crippen molar-refractivity contribution in [2.45, 2.75) is 38.5 Å². The lowest BCUT2D eigenvalue weighted by atomic mass is 10.0. The number of nitrogens with zero attached hydrogens (tertiary/aromatic N) is 3. The second-order valence-corrected chi connectivity index (χ2v) is 10.1. The molecule has 2 heterocycles. The number of aliphatic hydroxyl groups is 2. The van der Waals surface area contributed by atoms with E-state index in [1.54, 1.807) is 12.1 Å². The van der Waals surface area contributed by atoms with Gasteiger partial charge in [0.2, 0.25) is 0 Å². The zero-order valence-electron chi connectivity index (χ0n) is 20.6. The fourth-order valence-corrected chi connectivity index (χ4v) is 4.55. The first kappa shape index (κ1) is 28.7. The van der Waals surface area contributed by atoms with Crippen LogP contribution in [0.2, 0.25) is 0 Å². The highest BCUT2D eigenvalue weighted by Crippen LogP contribution is 2.22. The van der Waals surface area contributed by atoms with Gasteiger partial charge in [-0.15, -0.1) is 0 Å². The number of ether oxygens (including phenoxy) is 2. The molecule has 0 spiro atoms. The van der Waals surface area contributed by atoms with Crippen LogP contribution < -0.4 is 4.74 Å². The Morgan fingerprint density at radius 2 is 1.39 bits per heavy atom. The highest BCUT2D eigenvalue weighted by molar-refractivity contribution is 9.10. The number of hydrogen-bond donors (Lipinski definition) is 2. The van der Waals surface area contributed by atoms with E-state index in [1.165, 1.54) is 0 Å². The average Bonchev–Trinajstić information content (AvgIpc) is 2.87. The summed E-state index contributed by atoms with van der Waals surface area (Å²) in [6.45, 7) is 6.43. The Bertz CT molecular complexity index is 1020. The van der Waals surface area contributed by atoms with Crippen molar-refractivity contribution in [3.63, 3.8) is 0 Å².